The Kier molecular flexibility index (Phi) is 4.80. The number of carbonyl (C=O) groups is 1. The van der Waals surface area contributed by atoms with Crippen LogP contribution in [0.1, 0.15) is 26.7 Å². The summed E-state index contributed by atoms with van der Waals surface area (Å²) in [7, 11) is 0. The minimum atomic E-state index is -4.33. The quantitative estimate of drug-likeness (QED) is 0.830. The molecule has 1 N–H and O–H groups in total. The molecule has 1 unspecified atom stereocenters. The molecule has 0 aliphatic carbocycles. The Labute approximate surface area is 99.4 Å². The maximum atomic E-state index is 12.4. The van der Waals surface area contributed by atoms with Crippen LogP contribution >= 0.6 is 0 Å². The Morgan fingerprint density at radius 2 is 2.12 bits per heavy atom. The van der Waals surface area contributed by atoms with Gasteiger partial charge in [-0.1, -0.05) is 0 Å². The zero-order valence-corrected chi connectivity index (χ0v) is 10.2. The molecule has 6 heteroatoms. The number of nitrogens with zero attached hydrogens (tertiary/aromatic N) is 1. The Hall–Kier alpha value is -0.780. The van der Waals surface area contributed by atoms with Crippen molar-refractivity contribution in [1.29, 1.82) is 0 Å². The molecule has 1 atom stereocenters. The number of hydrogen-bond acceptors (Lipinski definition) is 2. The highest BCUT2D eigenvalue weighted by Gasteiger charge is 2.36. The van der Waals surface area contributed by atoms with Crippen molar-refractivity contribution in [3.8, 4) is 0 Å². The lowest BCUT2D eigenvalue weighted by Crippen LogP contribution is -2.49. The van der Waals surface area contributed by atoms with Gasteiger partial charge in [0.1, 0.15) is 6.54 Å². The maximum absolute atomic E-state index is 12.4. The summed E-state index contributed by atoms with van der Waals surface area (Å²) >= 11 is 0. The third-order valence-corrected chi connectivity index (χ3v) is 2.90. The van der Waals surface area contributed by atoms with Gasteiger partial charge in [-0.3, -0.25) is 4.79 Å². The molecule has 0 bridgehead atoms. The number of alkyl halides is 3. The van der Waals surface area contributed by atoms with Crippen molar-refractivity contribution in [2.75, 3.05) is 19.6 Å². The first-order valence-electron chi connectivity index (χ1n) is 5.89. The Morgan fingerprint density at radius 3 is 2.53 bits per heavy atom. The standard InChI is InChI=1S/C11H19F3N2O/c1-8(2)16(7-11(12,13)14)10(17)9-4-3-5-15-6-9/h8-9,15H,3-7H2,1-2H3. The van der Waals surface area contributed by atoms with Gasteiger partial charge in [0, 0.05) is 12.6 Å². The van der Waals surface area contributed by atoms with Crippen LogP contribution in [0.5, 0.6) is 0 Å². The SMILES string of the molecule is CC(C)N(CC(F)(F)F)C(=O)C1CCCNC1. The number of carbonyl (C=O) groups excluding carboxylic acids is 1. The van der Waals surface area contributed by atoms with Crippen molar-refractivity contribution in [3.05, 3.63) is 0 Å². The van der Waals surface area contributed by atoms with Gasteiger partial charge in [-0.05, 0) is 33.2 Å². The molecule has 0 saturated carbocycles. The summed E-state index contributed by atoms with van der Waals surface area (Å²) in [6.07, 6.45) is -2.82. The molecule has 0 aromatic rings. The van der Waals surface area contributed by atoms with E-state index in [1.807, 2.05) is 0 Å². The fourth-order valence-corrected chi connectivity index (χ4v) is 2.01. The fourth-order valence-electron chi connectivity index (χ4n) is 2.01. The zero-order valence-electron chi connectivity index (χ0n) is 10.2. The fraction of sp³-hybridized carbons (Fsp3) is 0.909. The lowest BCUT2D eigenvalue weighted by molar-refractivity contribution is -0.167. The van der Waals surface area contributed by atoms with E-state index in [1.54, 1.807) is 13.8 Å². The Bertz CT molecular complexity index is 260. The van der Waals surface area contributed by atoms with Gasteiger partial charge >= 0.3 is 6.18 Å². The molecule has 1 aliphatic heterocycles. The van der Waals surface area contributed by atoms with E-state index in [2.05, 4.69) is 5.32 Å². The highest BCUT2D eigenvalue weighted by atomic mass is 19.4. The van der Waals surface area contributed by atoms with Gasteiger partial charge in [0.25, 0.3) is 0 Å². The summed E-state index contributed by atoms with van der Waals surface area (Å²) in [6.45, 7) is 3.39. The molecule has 0 spiro atoms. The summed E-state index contributed by atoms with van der Waals surface area (Å²) < 4.78 is 37.2. The van der Waals surface area contributed by atoms with Crippen LogP contribution in [0.2, 0.25) is 0 Å². The van der Waals surface area contributed by atoms with Crippen LogP contribution in [-0.4, -0.2) is 42.7 Å². The lowest BCUT2D eigenvalue weighted by atomic mass is 9.97. The van der Waals surface area contributed by atoms with E-state index < -0.39 is 18.8 Å². The van der Waals surface area contributed by atoms with Crippen LogP contribution in [0.15, 0.2) is 0 Å². The molecule has 0 radical (unpaired) electrons. The maximum Gasteiger partial charge on any atom is 0.406 e. The number of hydrogen-bond donors (Lipinski definition) is 1. The molecule has 17 heavy (non-hydrogen) atoms. The smallest absolute Gasteiger partial charge is 0.331 e. The van der Waals surface area contributed by atoms with Gasteiger partial charge in [-0.15, -0.1) is 0 Å². The largest absolute Gasteiger partial charge is 0.406 e. The zero-order chi connectivity index (χ0) is 13.1. The predicted octanol–water partition coefficient (Wildman–Crippen LogP) is 1.79. The molecular formula is C11H19F3N2O. The highest BCUT2D eigenvalue weighted by molar-refractivity contribution is 5.79. The van der Waals surface area contributed by atoms with Gasteiger partial charge in [0.2, 0.25) is 5.91 Å². The van der Waals surface area contributed by atoms with Crippen LogP contribution < -0.4 is 5.32 Å². The molecule has 1 amide bonds. The second-order valence-corrected chi connectivity index (χ2v) is 4.72. The molecule has 100 valence electrons. The third-order valence-electron chi connectivity index (χ3n) is 2.90. The number of halogens is 3. The molecular weight excluding hydrogens is 233 g/mol. The van der Waals surface area contributed by atoms with Gasteiger partial charge < -0.3 is 10.2 Å². The Balaban J connectivity index is 2.66. The van der Waals surface area contributed by atoms with Crippen molar-refractivity contribution >= 4 is 5.91 Å². The van der Waals surface area contributed by atoms with Crippen LogP contribution in [0.3, 0.4) is 0 Å². The second kappa shape index (κ2) is 5.71. The molecule has 1 fully saturated rings. The summed E-state index contributed by atoms with van der Waals surface area (Å²) in [5.74, 6) is -0.696. The number of amides is 1. The number of rotatable bonds is 3. The average molecular weight is 252 g/mol. The van der Waals surface area contributed by atoms with E-state index in [-0.39, 0.29) is 11.8 Å². The molecule has 1 rings (SSSR count). The summed E-state index contributed by atoms with van der Waals surface area (Å²) in [5, 5.41) is 3.04. The molecule has 3 nitrogen and oxygen atoms in total. The summed E-state index contributed by atoms with van der Waals surface area (Å²) in [5.41, 5.74) is 0. The van der Waals surface area contributed by atoms with Crippen molar-refractivity contribution in [3.63, 3.8) is 0 Å². The first-order valence-corrected chi connectivity index (χ1v) is 5.89. The van der Waals surface area contributed by atoms with Crippen molar-refractivity contribution in [2.24, 2.45) is 5.92 Å². The summed E-state index contributed by atoms with van der Waals surface area (Å²) in [4.78, 5) is 12.9. The molecule has 1 saturated heterocycles. The summed E-state index contributed by atoms with van der Waals surface area (Å²) in [6, 6.07) is -0.425. The predicted molar refractivity (Wildman–Crippen MR) is 58.5 cm³/mol. The molecule has 1 aliphatic rings. The van der Waals surface area contributed by atoms with E-state index in [4.69, 9.17) is 0 Å². The lowest BCUT2D eigenvalue weighted by Gasteiger charge is -2.32. The van der Waals surface area contributed by atoms with Gasteiger partial charge in [-0.25, -0.2) is 0 Å². The minimum absolute atomic E-state index is 0.312. The normalized spacial score (nSPS) is 21.6. The third kappa shape index (κ3) is 4.53. The molecule has 1 heterocycles. The van der Waals surface area contributed by atoms with Gasteiger partial charge in [-0.2, -0.15) is 13.2 Å². The van der Waals surface area contributed by atoms with Crippen molar-refractivity contribution in [2.45, 2.75) is 38.9 Å². The van der Waals surface area contributed by atoms with Crippen LogP contribution in [0.25, 0.3) is 0 Å². The molecule has 0 aromatic heterocycles. The Morgan fingerprint density at radius 1 is 1.47 bits per heavy atom. The van der Waals surface area contributed by atoms with E-state index in [1.165, 1.54) is 0 Å². The van der Waals surface area contributed by atoms with Crippen molar-refractivity contribution in [1.82, 2.24) is 10.2 Å². The van der Waals surface area contributed by atoms with Crippen molar-refractivity contribution < 1.29 is 18.0 Å². The van der Waals surface area contributed by atoms with Crippen LogP contribution in [0.4, 0.5) is 13.2 Å². The van der Waals surface area contributed by atoms with Crippen LogP contribution in [0, 0.1) is 5.92 Å². The first-order chi connectivity index (χ1) is 7.81. The average Bonchev–Trinajstić information content (AvgIpc) is 2.25. The van der Waals surface area contributed by atoms with Crippen LogP contribution in [-0.2, 0) is 4.79 Å². The van der Waals surface area contributed by atoms with E-state index >= 15 is 0 Å². The van der Waals surface area contributed by atoms with Gasteiger partial charge in [0.05, 0.1) is 5.92 Å². The monoisotopic (exact) mass is 252 g/mol. The topological polar surface area (TPSA) is 32.3 Å². The van der Waals surface area contributed by atoms with E-state index in [0.717, 1.165) is 17.9 Å². The number of nitrogens with one attached hydrogen (secondary N) is 1. The second-order valence-electron chi connectivity index (χ2n) is 4.72. The van der Waals surface area contributed by atoms with E-state index in [9.17, 15) is 18.0 Å². The van der Waals surface area contributed by atoms with E-state index in [0.29, 0.717) is 13.0 Å². The van der Waals surface area contributed by atoms with Gasteiger partial charge in [0.15, 0.2) is 0 Å². The highest BCUT2D eigenvalue weighted by Crippen LogP contribution is 2.21. The number of piperidine rings is 1. The minimum Gasteiger partial charge on any atom is -0.331 e. The first kappa shape index (κ1) is 14.3. The molecule has 0 aromatic carbocycles.